The molecule has 1 aromatic heterocycles. The fourth-order valence-corrected chi connectivity index (χ4v) is 2.16. The molecule has 2 rings (SSSR count). The van der Waals surface area contributed by atoms with E-state index in [9.17, 15) is 4.39 Å². The smallest absolute Gasteiger partial charge is 0.178 e. The molecule has 0 fully saturated rings. The van der Waals surface area contributed by atoms with Crippen LogP contribution in [0.15, 0.2) is 18.2 Å². The van der Waals surface area contributed by atoms with E-state index in [4.69, 9.17) is 12.2 Å². The van der Waals surface area contributed by atoms with E-state index in [0.717, 1.165) is 12.1 Å². The van der Waals surface area contributed by atoms with Crippen molar-refractivity contribution in [1.29, 1.82) is 0 Å². The first-order chi connectivity index (χ1) is 8.33. The van der Waals surface area contributed by atoms with E-state index in [1.807, 2.05) is 10.6 Å². The molecule has 0 aliphatic rings. The van der Waals surface area contributed by atoms with Gasteiger partial charge in [-0.2, -0.15) is 0 Å². The molecule has 0 atom stereocenters. The van der Waals surface area contributed by atoms with E-state index in [0.29, 0.717) is 16.2 Å². The van der Waals surface area contributed by atoms with Crippen LogP contribution in [0.4, 0.5) is 4.39 Å². The highest BCUT2D eigenvalue weighted by atomic mass is 32.1. The summed E-state index contributed by atoms with van der Waals surface area (Å²) in [4.78, 5) is 2.96. The molecule has 4 heteroatoms. The normalized spacial score (nSPS) is 12.6. The lowest BCUT2D eigenvalue weighted by molar-refractivity contribution is 0.212. The summed E-state index contributed by atoms with van der Waals surface area (Å²) in [6.45, 7) is 9.58. The van der Waals surface area contributed by atoms with Crippen LogP contribution in [0.5, 0.6) is 0 Å². The van der Waals surface area contributed by atoms with Crippen LogP contribution in [0.3, 0.4) is 0 Å². The van der Waals surface area contributed by atoms with Crippen LogP contribution in [0.1, 0.15) is 27.7 Å². The molecule has 0 saturated heterocycles. The molecule has 98 valence electrons. The number of nitrogens with one attached hydrogen (secondary N) is 1. The third-order valence-electron chi connectivity index (χ3n) is 3.89. The Hall–Kier alpha value is -1.16. The summed E-state index contributed by atoms with van der Waals surface area (Å²) >= 11 is 5.31. The second-order valence-corrected chi connectivity index (χ2v) is 6.18. The minimum absolute atomic E-state index is 0.111. The average Bonchev–Trinajstić information content (AvgIpc) is 2.57. The van der Waals surface area contributed by atoms with Gasteiger partial charge in [-0.1, -0.05) is 33.8 Å². The number of benzene rings is 1. The number of hydrogen-bond donors (Lipinski definition) is 1. The first kappa shape index (κ1) is 13.3. The third-order valence-corrected chi connectivity index (χ3v) is 4.21. The highest BCUT2D eigenvalue weighted by Crippen LogP contribution is 2.30. The minimum atomic E-state index is -0.250. The van der Waals surface area contributed by atoms with Gasteiger partial charge in [0.2, 0.25) is 0 Å². The van der Waals surface area contributed by atoms with Gasteiger partial charge in [0, 0.05) is 6.54 Å². The lowest BCUT2D eigenvalue weighted by Crippen LogP contribution is -2.25. The molecule has 0 aliphatic carbocycles. The molecule has 0 radical (unpaired) electrons. The Morgan fingerprint density at radius 2 is 2.06 bits per heavy atom. The van der Waals surface area contributed by atoms with Crippen LogP contribution in [0.25, 0.3) is 11.0 Å². The molecule has 2 nitrogen and oxygen atoms in total. The Kier molecular flexibility index (Phi) is 3.32. The van der Waals surface area contributed by atoms with Gasteiger partial charge in [0.05, 0.1) is 5.52 Å². The second kappa shape index (κ2) is 4.50. The summed E-state index contributed by atoms with van der Waals surface area (Å²) in [6, 6.07) is 5.08. The maximum atomic E-state index is 13.7. The van der Waals surface area contributed by atoms with Crippen molar-refractivity contribution in [3.8, 4) is 0 Å². The van der Waals surface area contributed by atoms with Crippen LogP contribution in [0, 0.1) is 21.9 Å². The van der Waals surface area contributed by atoms with Gasteiger partial charge in [0.25, 0.3) is 0 Å². The SMILES string of the molecule is CC(C)C(C)(C)Cn1c(=S)[nH]c2c(F)cccc21. The van der Waals surface area contributed by atoms with Crippen molar-refractivity contribution in [2.24, 2.45) is 11.3 Å². The molecule has 0 amide bonds. The molecule has 0 bridgehead atoms. The van der Waals surface area contributed by atoms with E-state index in [2.05, 4.69) is 32.7 Å². The number of rotatable bonds is 3. The number of H-pyrrole nitrogens is 1. The van der Waals surface area contributed by atoms with E-state index in [-0.39, 0.29) is 11.2 Å². The van der Waals surface area contributed by atoms with E-state index < -0.39 is 0 Å². The fourth-order valence-electron chi connectivity index (χ4n) is 1.89. The van der Waals surface area contributed by atoms with Gasteiger partial charge in [0.1, 0.15) is 11.3 Å². The maximum absolute atomic E-state index is 13.7. The van der Waals surface area contributed by atoms with Gasteiger partial charge in [-0.15, -0.1) is 0 Å². The van der Waals surface area contributed by atoms with E-state index >= 15 is 0 Å². The monoisotopic (exact) mass is 266 g/mol. The predicted molar refractivity (Wildman–Crippen MR) is 75.7 cm³/mol. The Morgan fingerprint density at radius 1 is 1.39 bits per heavy atom. The number of aromatic amines is 1. The Bertz CT molecular complexity index is 622. The summed E-state index contributed by atoms with van der Waals surface area (Å²) in [5.41, 5.74) is 1.45. The summed E-state index contributed by atoms with van der Waals surface area (Å²) in [7, 11) is 0. The average molecular weight is 266 g/mol. The van der Waals surface area contributed by atoms with E-state index in [1.54, 1.807) is 6.07 Å². The largest absolute Gasteiger partial charge is 0.328 e. The molecule has 1 N–H and O–H groups in total. The van der Waals surface area contributed by atoms with Crippen molar-refractivity contribution in [1.82, 2.24) is 9.55 Å². The molecular formula is C14H19FN2S. The number of nitrogens with zero attached hydrogens (tertiary/aromatic N) is 1. The maximum Gasteiger partial charge on any atom is 0.178 e. The number of aromatic nitrogens is 2. The first-order valence-electron chi connectivity index (χ1n) is 6.20. The zero-order valence-electron chi connectivity index (χ0n) is 11.2. The lowest BCUT2D eigenvalue weighted by atomic mass is 9.81. The molecule has 0 spiro atoms. The second-order valence-electron chi connectivity index (χ2n) is 5.79. The van der Waals surface area contributed by atoms with Crippen LogP contribution in [-0.4, -0.2) is 9.55 Å². The Labute approximate surface area is 112 Å². The molecular weight excluding hydrogens is 247 g/mol. The van der Waals surface area contributed by atoms with Crippen molar-refractivity contribution in [2.75, 3.05) is 0 Å². The van der Waals surface area contributed by atoms with Crippen molar-refractivity contribution < 1.29 is 4.39 Å². The molecule has 18 heavy (non-hydrogen) atoms. The van der Waals surface area contributed by atoms with Crippen LogP contribution in [0.2, 0.25) is 0 Å². The Balaban J connectivity index is 2.56. The zero-order chi connectivity index (χ0) is 13.5. The molecule has 1 heterocycles. The highest BCUT2D eigenvalue weighted by molar-refractivity contribution is 7.71. The number of imidazole rings is 1. The molecule has 1 aromatic carbocycles. The van der Waals surface area contributed by atoms with Crippen LogP contribution < -0.4 is 0 Å². The third kappa shape index (κ3) is 2.21. The molecule has 0 unspecified atom stereocenters. The van der Waals surface area contributed by atoms with Gasteiger partial charge < -0.3 is 9.55 Å². The van der Waals surface area contributed by atoms with E-state index in [1.165, 1.54) is 6.07 Å². The molecule has 0 saturated carbocycles. The van der Waals surface area contributed by atoms with Gasteiger partial charge in [-0.3, -0.25) is 0 Å². The first-order valence-corrected chi connectivity index (χ1v) is 6.61. The van der Waals surface area contributed by atoms with Gasteiger partial charge >= 0.3 is 0 Å². The van der Waals surface area contributed by atoms with Gasteiger partial charge in [0.15, 0.2) is 4.77 Å². The van der Waals surface area contributed by atoms with Crippen LogP contribution >= 0.6 is 12.2 Å². The molecule has 2 aromatic rings. The topological polar surface area (TPSA) is 20.7 Å². The summed E-state index contributed by atoms with van der Waals surface area (Å²) in [5, 5.41) is 0. The highest BCUT2D eigenvalue weighted by Gasteiger charge is 2.24. The number of para-hydroxylation sites is 1. The minimum Gasteiger partial charge on any atom is -0.328 e. The Morgan fingerprint density at radius 3 is 2.67 bits per heavy atom. The summed E-state index contributed by atoms with van der Waals surface area (Å²) in [5.74, 6) is 0.276. The van der Waals surface area contributed by atoms with Crippen molar-refractivity contribution in [2.45, 2.75) is 34.2 Å². The summed E-state index contributed by atoms with van der Waals surface area (Å²) < 4.78 is 16.3. The predicted octanol–water partition coefficient (Wildman–Crippen LogP) is 4.52. The van der Waals surface area contributed by atoms with Gasteiger partial charge in [-0.25, -0.2) is 4.39 Å². The van der Waals surface area contributed by atoms with Crippen molar-refractivity contribution >= 4 is 23.3 Å². The lowest BCUT2D eigenvalue weighted by Gasteiger charge is -2.29. The van der Waals surface area contributed by atoms with Gasteiger partial charge in [-0.05, 0) is 35.7 Å². The number of halogens is 1. The van der Waals surface area contributed by atoms with Crippen molar-refractivity contribution in [3.63, 3.8) is 0 Å². The number of fused-ring (bicyclic) bond motifs is 1. The zero-order valence-corrected chi connectivity index (χ0v) is 12.1. The standard InChI is InChI=1S/C14H19FN2S/c1-9(2)14(3,4)8-17-11-7-5-6-10(15)12(11)16-13(17)18/h5-7,9H,8H2,1-4H3,(H,16,18). The van der Waals surface area contributed by atoms with Crippen LogP contribution in [-0.2, 0) is 6.54 Å². The molecule has 0 aliphatic heterocycles. The fraction of sp³-hybridized carbons (Fsp3) is 0.500. The van der Waals surface area contributed by atoms with Crippen molar-refractivity contribution in [3.05, 3.63) is 28.8 Å². The quantitative estimate of drug-likeness (QED) is 0.810. The summed E-state index contributed by atoms with van der Waals surface area (Å²) in [6.07, 6.45) is 0. The number of hydrogen-bond acceptors (Lipinski definition) is 1.